The van der Waals surface area contributed by atoms with Crippen molar-refractivity contribution in [2.24, 2.45) is 10.2 Å². The van der Waals surface area contributed by atoms with E-state index in [1.165, 1.54) is 6.07 Å². The Hall–Kier alpha value is -3.16. The summed E-state index contributed by atoms with van der Waals surface area (Å²) in [4.78, 5) is 11.7. The van der Waals surface area contributed by atoms with Gasteiger partial charge in [-0.2, -0.15) is 0 Å². The molecular weight excluding hydrogens is 360 g/mol. The SMILES string of the molecule is O.O=C(OC/N=N/c1oc(-c2ccc(Cl)cc2)cc1O)c1ccccc1. The van der Waals surface area contributed by atoms with Gasteiger partial charge in [0.25, 0.3) is 5.88 Å². The largest absolute Gasteiger partial charge is 0.503 e. The van der Waals surface area contributed by atoms with Crippen molar-refractivity contribution in [3.05, 3.63) is 71.2 Å². The van der Waals surface area contributed by atoms with Crippen molar-refractivity contribution in [2.45, 2.75) is 0 Å². The molecule has 0 saturated carbocycles. The highest BCUT2D eigenvalue weighted by Crippen LogP contribution is 2.36. The minimum absolute atomic E-state index is 0. The first kappa shape index (κ1) is 19.2. The molecule has 7 nitrogen and oxygen atoms in total. The summed E-state index contributed by atoms with van der Waals surface area (Å²) in [5.74, 6) is -0.321. The zero-order chi connectivity index (χ0) is 17.6. The third kappa shape index (κ3) is 4.69. The fourth-order valence-electron chi connectivity index (χ4n) is 2.04. The van der Waals surface area contributed by atoms with Crippen LogP contribution in [-0.4, -0.2) is 23.3 Å². The van der Waals surface area contributed by atoms with Gasteiger partial charge in [0.1, 0.15) is 5.76 Å². The van der Waals surface area contributed by atoms with Crippen molar-refractivity contribution >= 4 is 23.5 Å². The number of rotatable bonds is 5. The van der Waals surface area contributed by atoms with E-state index in [9.17, 15) is 9.90 Å². The summed E-state index contributed by atoms with van der Waals surface area (Å²) in [5.41, 5.74) is 1.15. The molecule has 0 amide bonds. The monoisotopic (exact) mass is 374 g/mol. The second kappa shape index (κ2) is 8.80. The van der Waals surface area contributed by atoms with Gasteiger partial charge >= 0.3 is 5.97 Å². The molecule has 0 aliphatic rings. The molecule has 1 aromatic heterocycles. The van der Waals surface area contributed by atoms with Crippen LogP contribution in [0.4, 0.5) is 5.88 Å². The molecule has 134 valence electrons. The van der Waals surface area contributed by atoms with E-state index in [0.29, 0.717) is 16.3 Å². The Morgan fingerprint density at radius 2 is 1.81 bits per heavy atom. The van der Waals surface area contributed by atoms with Crippen LogP contribution in [0, 0.1) is 0 Å². The predicted molar refractivity (Wildman–Crippen MR) is 95.7 cm³/mol. The molecule has 1 heterocycles. The number of esters is 1. The van der Waals surface area contributed by atoms with Crippen molar-refractivity contribution in [3.63, 3.8) is 0 Å². The van der Waals surface area contributed by atoms with Gasteiger partial charge in [0.15, 0.2) is 5.75 Å². The Balaban J connectivity index is 0.00000243. The minimum atomic E-state index is -0.509. The summed E-state index contributed by atoms with van der Waals surface area (Å²) < 4.78 is 10.4. The van der Waals surface area contributed by atoms with Gasteiger partial charge in [-0.15, -0.1) is 10.2 Å². The molecule has 26 heavy (non-hydrogen) atoms. The summed E-state index contributed by atoms with van der Waals surface area (Å²) in [6.45, 7) is -0.288. The van der Waals surface area contributed by atoms with Crippen LogP contribution < -0.4 is 0 Å². The second-order valence-electron chi connectivity index (χ2n) is 4.98. The fourth-order valence-corrected chi connectivity index (χ4v) is 2.16. The van der Waals surface area contributed by atoms with Gasteiger partial charge in [0.2, 0.25) is 6.73 Å². The van der Waals surface area contributed by atoms with Gasteiger partial charge in [-0.25, -0.2) is 4.79 Å². The summed E-state index contributed by atoms with van der Waals surface area (Å²) in [6, 6.07) is 16.9. The first-order valence-corrected chi connectivity index (χ1v) is 7.69. The molecule has 3 rings (SSSR count). The van der Waals surface area contributed by atoms with E-state index in [4.69, 9.17) is 20.8 Å². The van der Waals surface area contributed by atoms with Crippen LogP contribution >= 0.6 is 11.6 Å². The van der Waals surface area contributed by atoms with Crippen LogP contribution in [0.1, 0.15) is 10.4 Å². The standard InChI is InChI=1S/C18H13ClN2O4.H2O/c19-14-8-6-12(7-9-14)16-10-15(22)17(25-16)21-20-11-24-18(23)13-4-2-1-3-5-13;/h1-10,22H,11H2;1H2/b21-20+;. The number of azo groups is 1. The van der Waals surface area contributed by atoms with E-state index < -0.39 is 5.97 Å². The van der Waals surface area contributed by atoms with Gasteiger partial charge in [-0.1, -0.05) is 29.8 Å². The van der Waals surface area contributed by atoms with Crippen molar-refractivity contribution in [3.8, 4) is 17.1 Å². The number of ether oxygens (including phenoxy) is 1. The van der Waals surface area contributed by atoms with E-state index in [0.717, 1.165) is 5.56 Å². The first-order valence-electron chi connectivity index (χ1n) is 7.32. The van der Waals surface area contributed by atoms with E-state index in [1.807, 2.05) is 0 Å². The number of carbonyl (C=O) groups excluding carboxylic acids is 1. The topological polar surface area (TPSA) is 116 Å². The third-order valence-corrected chi connectivity index (χ3v) is 3.50. The van der Waals surface area contributed by atoms with Crippen LogP contribution in [0.25, 0.3) is 11.3 Å². The highest BCUT2D eigenvalue weighted by atomic mass is 35.5. The van der Waals surface area contributed by atoms with Crippen molar-refractivity contribution in [1.82, 2.24) is 0 Å². The lowest BCUT2D eigenvalue weighted by molar-refractivity contribution is 0.0510. The fraction of sp³-hybridized carbons (Fsp3) is 0.0556. The van der Waals surface area contributed by atoms with Crippen LogP contribution in [0.3, 0.4) is 0 Å². The maximum absolute atomic E-state index is 11.7. The average molecular weight is 375 g/mol. The zero-order valence-electron chi connectivity index (χ0n) is 13.4. The number of carbonyl (C=O) groups is 1. The van der Waals surface area contributed by atoms with Gasteiger partial charge in [-0.3, -0.25) is 0 Å². The van der Waals surface area contributed by atoms with Gasteiger partial charge < -0.3 is 19.7 Å². The summed E-state index contributed by atoms with van der Waals surface area (Å²) in [5, 5.41) is 17.9. The Bertz CT molecular complexity index is 892. The zero-order valence-corrected chi connectivity index (χ0v) is 14.2. The maximum atomic E-state index is 11.7. The molecule has 3 aromatic rings. The molecule has 0 saturated heterocycles. The second-order valence-corrected chi connectivity index (χ2v) is 5.41. The van der Waals surface area contributed by atoms with Crippen LogP contribution in [-0.2, 0) is 4.74 Å². The smallest absolute Gasteiger partial charge is 0.339 e. The number of benzene rings is 2. The van der Waals surface area contributed by atoms with Crippen LogP contribution in [0.5, 0.6) is 5.75 Å². The minimum Gasteiger partial charge on any atom is -0.503 e. The van der Waals surface area contributed by atoms with Gasteiger partial charge in [-0.05, 0) is 36.4 Å². The normalized spacial score (nSPS) is 10.5. The summed E-state index contributed by atoms with van der Waals surface area (Å²) in [7, 11) is 0. The highest BCUT2D eigenvalue weighted by Gasteiger charge is 2.11. The van der Waals surface area contributed by atoms with Crippen LogP contribution in [0.2, 0.25) is 5.02 Å². The lowest BCUT2D eigenvalue weighted by atomic mass is 10.2. The lowest BCUT2D eigenvalue weighted by Gasteiger charge is -1.99. The van der Waals surface area contributed by atoms with Crippen molar-refractivity contribution < 1.29 is 24.5 Å². The van der Waals surface area contributed by atoms with E-state index in [1.54, 1.807) is 54.6 Å². The first-order chi connectivity index (χ1) is 12.1. The average Bonchev–Trinajstić information content (AvgIpc) is 3.00. The molecule has 3 N–H and O–H groups in total. The van der Waals surface area contributed by atoms with E-state index in [2.05, 4.69) is 10.2 Å². The number of hydrogen-bond acceptors (Lipinski definition) is 6. The summed E-state index contributed by atoms with van der Waals surface area (Å²) >= 11 is 5.83. The number of nitrogens with zero attached hydrogens (tertiary/aromatic N) is 2. The quantitative estimate of drug-likeness (QED) is 0.526. The molecule has 0 spiro atoms. The molecule has 0 radical (unpaired) electrons. The number of hydrogen-bond donors (Lipinski definition) is 1. The molecule has 0 unspecified atom stereocenters. The third-order valence-electron chi connectivity index (χ3n) is 3.25. The van der Waals surface area contributed by atoms with Crippen molar-refractivity contribution in [2.75, 3.05) is 6.73 Å². The molecule has 8 heteroatoms. The van der Waals surface area contributed by atoms with Gasteiger partial charge in [0.05, 0.1) is 5.56 Å². The Morgan fingerprint density at radius 3 is 2.50 bits per heavy atom. The van der Waals surface area contributed by atoms with Gasteiger partial charge in [0, 0.05) is 16.7 Å². The number of furan rings is 1. The van der Waals surface area contributed by atoms with Crippen LogP contribution in [0.15, 0.2) is 75.3 Å². The number of aromatic hydroxyl groups is 1. The van der Waals surface area contributed by atoms with Crippen molar-refractivity contribution in [1.29, 1.82) is 0 Å². The molecule has 0 fully saturated rings. The molecule has 0 aliphatic carbocycles. The molecule has 0 bridgehead atoms. The Kier molecular flexibility index (Phi) is 6.48. The predicted octanol–water partition coefficient (Wildman–Crippen LogP) is 4.38. The lowest BCUT2D eigenvalue weighted by Crippen LogP contribution is -2.04. The molecule has 0 atom stereocenters. The summed E-state index contributed by atoms with van der Waals surface area (Å²) in [6.07, 6.45) is 0. The molecular formula is C18H15ClN2O5. The Morgan fingerprint density at radius 1 is 1.12 bits per heavy atom. The van der Waals surface area contributed by atoms with E-state index >= 15 is 0 Å². The number of halogens is 1. The molecule has 0 aliphatic heterocycles. The molecule has 2 aromatic carbocycles. The highest BCUT2D eigenvalue weighted by molar-refractivity contribution is 6.30. The maximum Gasteiger partial charge on any atom is 0.339 e. The Labute approximate surface area is 153 Å². The van der Waals surface area contributed by atoms with E-state index in [-0.39, 0.29) is 23.8 Å².